The number of rotatable bonds is 1. The van der Waals surface area contributed by atoms with E-state index in [1.54, 1.807) is 10.9 Å². The van der Waals surface area contributed by atoms with Gasteiger partial charge < -0.3 is 4.57 Å². The van der Waals surface area contributed by atoms with Crippen LogP contribution in [0.3, 0.4) is 0 Å². The van der Waals surface area contributed by atoms with E-state index in [0.29, 0.717) is 5.82 Å². The predicted molar refractivity (Wildman–Crippen MR) is 32.8 cm³/mol. The maximum Gasteiger partial charge on any atom is 0.176 e. The topological polar surface area (TPSA) is 54.0 Å². The van der Waals surface area contributed by atoms with E-state index >= 15 is 0 Å². The van der Waals surface area contributed by atoms with Crippen molar-refractivity contribution in [1.82, 2.24) is 9.55 Å². The molecule has 0 aliphatic carbocycles. The highest BCUT2D eigenvalue weighted by molar-refractivity contribution is 5.31. The van der Waals surface area contributed by atoms with Gasteiger partial charge in [0.2, 0.25) is 0 Å². The van der Waals surface area contributed by atoms with Gasteiger partial charge in [-0.2, -0.15) is 0 Å². The number of imidazole rings is 1. The molecule has 1 heterocycles. The minimum atomic E-state index is 0.620. The summed E-state index contributed by atoms with van der Waals surface area (Å²) in [5.74, 6) is 0.620. The summed E-state index contributed by atoms with van der Waals surface area (Å²) in [5, 5.41) is 3.28. The monoisotopic (exact) mass is 124 g/mol. The van der Waals surface area contributed by atoms with E-state index in [-0.39, 0.29) is 0 Å². The van der Waals surface area contributed by atoms with Gasteiger partial charge in [-0.3, -0.25) is 0 Å². The molecule has 4 heteroatoms. The van der Waals surface area contributed by atoms with E-state index in [9.17, 15) is 0 Å². The summed E-state index contributed by atoms with van der Waals surface area (Å²) in [5.41, 5.74) is 7.50. The Labute approximate surface area is 53.0 Å². The summed E-state index contributed by atoms with van der Waals surface area (Å²) >= 11 is 0. The molecule has 0 saturated heterocycles. The van der Waals surface area contributed by atoms with Crippen LogP contribution in [-0.4, -0.2) is 9.55 Å². The standard InChI is InChI=1S/C5H8N4/c1-4-5(8-6)9(2)3-7-4/h3,6H,1-2H3. The van der Waals surface area contributed by atoms with Crippen molar-refractivity contribution >= 4 is 5.82 Å². The smallest absolute Gasteiger partial charge is 0.176 e. The molecule has 0 spiro atoms. The Morgan fingerprint density at radius 2 is 2.44 bits per heavy atom. The third-order valence-corrected chi connectivity index (χ3v) is 1.19. The van der Waals surface area contributed by atoms with Gasteiger partial charge in [-0.25, -0.2) is 10.5 Å². The Kier molecular flexibility index (Phi) is 1.30. The zero-order chi connectivity index (χ0) is 6.85. The second-order valence-electron chi connectivity index (χ2n) is 1.88. The van der Waals surface area contributed by atoms with Gasteiger partial charge in [0.1, 0.15) is 0 Å². The van der Waals surface area contributed by atoms with Crippen molar-refractivity contribution in [3.05, 3.63) is 12.0 Å². The molecule has 0 bridgehead atoms. The Morgan fingerprint density at radius 3 is 2.67 bits per heavy atom. The van der Waals surface area contributed by atoms with Gasteiger partial charge in [0.15, 0.2) is 5.82 Å². The van der Waals surface area contributed by atoms with Gasteiger partial charge in [-0.15, -0.1) is 5.11 Å². The van der Waals surface area contributed by atoms with E-state index in [1.807, 2.05) is 14.0 Å². The van der Waals surface area contributed by atoms with Gasteiger partial charge in [-0.05, 0) is 6.92 Å². The third-order valence-electron chi connectivity index (χ3n) is 1.19. The maximum atomic E-state index is 6.71. The highest BCUT2D eigenvalue weighted by Gasteiger charge is 1.99. The highest BCUT2D eigenvalue weighted by Crippen LogP contribution is 2.13. The molecule has 1 N–H and O–H groups in total. The van der Waals surface area contributed by atoms with Gasteiger partial charge in [0, 0.05) is 7.05 Å². The van der Waals surface area contributed by atoms with Crippen LogP contribution in [0.1, 0.15) is 5.69 Å². The first kappa shape index (κ1) is 5.94. The normalized spacial score (nSPS) is 9.56. The Bertz CT molecular complexity index is 205. The summed E-state index contributed by atoms with van der Waals surface area (Å²) in [4.78, 5) is 3.94. The maximum absolute atomic E-state index is 6.71. The largest absolute Gasteiger partial charge is 0.317 e. The second kappa shape index (κ2) is 1.97. The van der Waals surface area contributed by atoms with Gasteiger partial charge in [0.25, 0.3) is 0 Å². The van der Waals surface area contributed by atoms with Crippen LogP contribution in [0.4, 0.5) is 5.82 Å². The molecule has 0 aliphatic rings. The minimum absolute atomic E-state index is 0.620. The van der Waals surface area contributed by atoms with Crippen molar-refractivity contribution in [1.29, 1.82) is 5.53 Å². The van der Waals surface area contributed by atoms with E-state index in [1.165, 1.54) is 0 Å². The van der Waals surface area contributed by atoms with Crippen LogP contribution >= 0.6 is 0 Å². The van der Waals surface area contributed by atoms with E-state index in [0.717, 1.165) is 5.69 Å². The molecule has 0 aliphatic heterocycles. The first-order valence-electron chi connectivity index (χ1n) is 2.61. The van der Waals surface area contributed by atoms with Crippen LogP contribution < -0.4 is 0 Å². The van der Waals surface area contributed by atoms with Crippen molar-refractivity contribution in [2.75, 3.05) is 0 Å². The van der Waals surface area contributed by atoms with Crippen LogP contribution in [0.2, 0.25) is 0 Å². The molecule has 0 aromatic carbocycles. The van der Waals surface area contributed by atoms with Crippen molar-refractivity contribution in [2.45, 2.75) is 6.92 Å². The van der Waals surface area contributed by atoms with Crippen LogP contribution in [0.15, 0.2) is 11.4 Å². The fourth-order valence-corrected chi connectivity index (χ4v) is 0.701. The number of nitrogens with one attached hydrogen (secondary N) is 1. The fourth-order valence-electron chi connectivity index (χ4n) is 0.701. The molecule has 0 unspecified atom stereocenters. The van der Waals surface area contributed by atoms with E-state index < -0.39 is 0 Å². The summed E-state index contributed by atoms with van der Waals surface area (Å²) in [6.45, 7) is 1.83. The van der Waals surface area contributed by atoms with Gasteiger partial charge >= 0.3 is 0 Å². The first-order chi connectivity index (χ1) is 4.25. The summed E-state index contributed by atoms with van der Waals surface area (Å²) in [6.07, 6.45) is 1.64. The Balaban J connectivity index is 3.22. The molecular weight excluding hydrogens is 116 g/mol. The number of hydrogen-bond acceptors (Lipinski definition) is 3. The van der Waals surface area contributed by atoms with Crippen molar-refractivity contribution < 1.29 is 0 Å². The summed E-state index contributed by atoms with van der Waals surface area (Å²) < 4.78 is 1.71. The molecule has 0 amide bonds. The molecule has 4 nitrogen and oxygen atoms in total. The number of aromatic nitrogens is 2. The lowest BCUT2D eigenvalue weighted by Gasteiger charge is -1.90. The van der Waals surface area contributed by atoms with Gasteiger partial charge in [-0.1, -0.05) is 0 Å². The predicted octanol–water partition coefficient (Wildman–Crippen LogP) is 1.39. The Morgan fingerprint density at radius 1 is 1.78 bits per heavy atom. The van der Waals surface area contributed by atoms with E-state index in [2.05, 4.69) is 10.1 Å². The second-order valence-corrected chi connectivity index (χ2v) is 1.88. The lowest BCUT2D eigenvalue weighted by molar-refractivity contribution is 0.887. The molecule has 1 rings (SSSR count). The number of hydrogen-bond donors (Lipinski definition) is 1. The zero-order valence-electron chi connectivity index (χ0n) is 5.42. The molecule has 1 aromatic heterocycles. The van der Waals surface area contributed by atoms with Crippen molar-refractivity contribution in [2.24, 2.45) is 12.2 Å². The molecule has 9 heavy (non-hydrogen) atoms. The molecule has 0 radical (unpaired) electrons. The first-order valence-corrected chi connectivity index (χ1v) is 2.61. The fraction of sp³-hybridized carbons (Fsp3) is 0.400. The van der Waals surface area contributed by atoms with Crippen LogP contribution in [0, 0.1) is 12.5 Å². The molecule has 0 atom stereocenters. The van der Waals surface area contributed by atoms with Crippen molar-refractivity contribution in [3.8, 4) is 0 Å². The number of nitrogens with zero attached hydrogens (tertiary/aromatic N) is 3. The lowest BCUT2D eigenvalue weighted by atomic mass is 10.5. The van der Waals surface area contributed by atoms with Crippen LogP contribution in [0.5, 0.6) is 0 Å². The summed E-state index contributed by atoms with van der Waals surface area (Å²) in [6, 6.07) is 0. The van der Waals surface area contributed by atoms with Crippen LogP contribution in [-0.2, 0) is 7.05 Å². The third kappa shape index (κ3) is 0.826. The summed E-state index contributed by atoms with van der Waals surface area (Å²) in [7, 11) is 1.81. The lowest BCUT2D eigenvalue weighted by Crippen LogP contribution is -1.81. The molecular formula is C5H8N4. The van der Waals surface area contributed by atoms with Crippen molar-refractivity contribution in [3.63, 3.8) is 0 Å². The molecule has 48 valence electrons. The van der Waals surface area contributed by atoms with Gasteiger partial charge in [0.05, 0.1) is 12.0 Å². The molecule has 0 saturated carbocycles. The SMILES string of the molecule is Cc1ncn(C)c1N=N. The average molecular weight is 124 g/mol. The molecule has 0 fully saturated rings. The number of aryl methyl sites for hydroxylation is 2. The average Bonchev–Trinajstić information content (AvgIpc) is 2.12. The molecule has 1 aromatic rings. The minimum Gasteiger partial charge on any atom is -0.317 e. The highest BCUT2D eigenvalue weighted by atomic mass is 15.2. The quantitative estimate of drug-likeness (QED) is 0.565. The van der Waals surface area contributed by atoms with E-state index in [4.69, 9.17) is 5.53 Å². The van der Waals surface area contributed by atoms with Crippen LogP contribution in [0.25, 0.3) is 0 Å². The zero-order valence-corrected chi connectivity index (χ0v) is 5.42. The Hall–Kier alpha value is -1.19.